The summed E-state index contributed by atoms with van der Waals surface area (Å²) in [5.41, 5.74) is -5.51. The van der Waals surface area contributed by atoms with E-state index in [1.807, 2.05) is 0 Å². The van der Waals surface area contributed by atoms with E-state index in [0.29, 0.717) is 93.0 Å². The van der Waals surface area contributed by atoms with Crippen molar-refractivity contribution in [3.8, 4) is 11.5 Å². The van der Waals surface area contributed by atoms with Crippen molar-refractivity contribution >= 4 is 59.2 Å². The number of aliphatic hydroxyl groups is 2. The number of carboxylic acids is 3. The Morgan fingerprint density at radius 2 is 0.776 bits per heavy atom. The molecule has 0 aromatic heterocycles. The summed E-state index contributed by atoms with van der Waals surface area (Å²) < 4.78 is 26.5. The van der Waals surface area contributed by atoms with Gasteiger partial charge in [-0.3, -0.25) is 28.8 Å². The van der Waals surface area contributed by atoms with Crippen LogP contribution in [0.1, 0.15) is 252 Å². The number of carbonyl (C=O) groups is 10. The third-order valence-corrected chi connectivity index (χ3v) is 16.4. The third-order valence-electron chi connectivity index (χ3n) is 16.4. The van der Waals surface area contributed by atoms with Gasteiger partial charge in [0.1, 0.15) is 40.8 Å². The minimum absolute atomic E-state index is 0.00409. The van der Waals surface area contributed by atoms with Gasteiger partial charge in [0.2, 0.25) is 11.8 Å². The summed E-state index contributed by atoms with van der Waals surface area (Å²) in [6.07, 6.45) is 27.8. The number of hydrogen-bond acceptors (Lipinski definition) is 17. The van der Waals surface area contributed by atoms with Gasteiger partial charge in [-0.15, -0.1) is 0 Å². The van der Waals surface area contributed by atoms with Crippen LogP contribution in [-0.4, -0.2) is 141 Å². The molecular weight excluding hydrogens is 1260 g/mol. The minimum Gasteiger partial charge on any atom is -0.494 e. The average molecular weight is 1380 g/mol. The standard InChI is InChI=1S/C40H63NO10.C36H55NO10/c1-7-9-11-14-17-20-31(42)21-18-15-12-13-16-19-22-33(40(48,29-35(43)44)38(47)51-39(3,4)5)36(45)41-34(37(46)49-6)28-30-23-25-32(26-24-30)50-27-10-8-2;1-4-6-8-11-14-17-28(38)18-15-12-9-10-13-16-19-30(36(45,35(43)44)26-32(39)40)33(41)37-31(34(42)46-3)25-27-20-22-29(23-21-27)47-24-7-5-2/h19,22-26,33-34,48H,7-18,20-21,27-29H2,1-6H3,(H,41,45)(H,43,44);16,19-23,30-31,45H,4-15,17-18,24-26H2,1-3H3,(H,37,41)(H,39,40)(H,43,44)/b22-19+;19-16+/t33-,34+,40+;30-,31+,36+/m11/s1. The smallest absolute Gasteiger partial charge is 0.340 e. The molecule has 0 saturated heterocycles. The first kappa shape index (κ1) is 88.6. The molecule has 2 rings (SSSR count). The van der Waals surface area contributed by atoms with Crippen molar-refractivity contribution in [2.24, 2.45) is 11.8 Å². The van der Waals surface area contributed by atoms with E-state index in [9.17, 15) is 73.5 Å². The van der Waals surface area contributed by atoms with Crippen LogP contribution in [-0.2, 0) is 75.0 Å². The number of allylic oxidation sites excluding steroid dienone is 2. The summed E-state index contributed by atoms with van der Waals surface area (Å²) in [7, 11) is 2.32. The van der Waals surface area contributed by atoms with E-state index in [-0.39, 0.29) is 18.6 Å². The second-order valence-electron chi connectivity index (χ2n) is 26.2. The minimum atomic E-state index is -2.97. The van der Waals surface area contributed by atoms with Gasteiger partial charge in [-0.05, 0) is 120 Å². The molecule has 22 heteroatoms. The summed E-state index contributed by atoms with van der Waals surface area (Å²) in [6.45, 7) is 14.3. The van der Waals surface area contributed by atoms with E-state index in [2.05, 4.69) is 38.3 Å². The number of rotatable bonds is 54. The number of carbonyl (C=O) groups excluding carboxylic acids is 7. The fraction of sp³-hybridized carbons (Fsp3) is 0.658. The van der Waals surface area contributed by atoms with Crippen LogP contribution >= 0.6 is 0 Å². The van der Waals surface area contributed by atoms with Gasteiger partial charge in [-0.1, -0.05) is 166 Å². The summed E-state index contributed by atoms with van der Waals surface area (Å²) in [5.74, 6) is -11.5. The molecule has 6 atom stereocenters. The maximum atomic E-state index is 13.9. The number of hydrogen-bond donors (Lipinski definition) is 7. The highest BCUT2D eigenvalue weighted by Crippen LogP contribution is 2.30. The largest absolute Gasteiger partial charge is 0.494 e. The number of ether oxygens (including phenoxy) is 5. The number of Topliss-reactive ketones (excluding diaryl/α,β-unsaturated/α-hetero) is 2. The number of ketones is 2. The molecule has 0 aliphatic carbocycles. The van der Waals surface area contributed by atoms with E-state index in [0.717, 1.165) is 103 Å². The predicted molar refractivity (Wildman–Crippen MR) is 374 cm³/mol. The molecule has 7 N–H and O–H groups in total. The van der Waals surface area contributed by atoms with Crippen molar-refractivity contribution < 1.29 is 97.2 Å². The number of aliphatic carboxylic acids is 3. The number of benzene rings is 2. The van der Waals surface area contributed by atoms with E-state index >= 15 is 0 Å². The Morgan fingerprint density at radius 3 is 1.09 bits per heavy atom. The first-order valence-electron chi connectivity index (χ1n) is 35.6. The van der Waals surface area contributed by atoms with Gasteiger partial charge in [-0.25, -0.2) is 19.2 Å². The maximum absolute atomic E-state index is 13.9. The van der Waals surface area contributed by atoms with Gasteiger partial charge >= 0.3 is 35.8 Å². The Bertz CT molecular complexity index is 2740. The zero-order chi connectivity index (χ0) is 73.4. The Morgan fingerprint density at radius 1 is 0.449 bits per heavy atom. The zero-order valence-electron chi connectivity index (χ0n) is 60.1. The van der Waals surface area contributed by atoms with Crippen molar-refractivity contribution in [2.75, 3.05) is 27.4 Å². The van der Waals surface area contributed by atoms with Crippen molar-refractivity contribution in [1.29, 1.82) is 0 Å². The Hall–Kier alpha value is -7.46. The average Bonchev–Trinajstić information content (AvgIpc) is 0.882. The molecule has 22 nitrogen and oxygen atoms in total. The van der Waals surface area contributed by atoms with Crippen LogP contribution in [0.3, 0.4) is 0 Å². The van der Waals surface area contributed by atoms with Crippen molar-refractivity contribution in [3.63, 3.8) is 0 Å². The highest BCUT2D eigenvalue weighted by atomic mass is 16.6. The molecule has 0 saturated carbocycles. The molecule has 0 fully saturated rings. The topological polar surface area (TPSA) is 342 Å². The number of unbranched alkanes of at least 4 members (excludes halogenated alkanes) is 18. The SMILES string of the molecule is CCCCCCCC(=O)CCCCCC/C=C/[C@H](C(=O)N[C@@H](Cc1ccc(OCCCC)cc1)C(=O)OC)[C@@](O)(CC(=O)O)C(=O)O.CCCCCCCC(=O)CCCCCC/C=C/[C@H](C(=O)N[C@@H](Cc1ccc(OCCCC)cc1)C(=O)OC)[C@@](O)(CC(=O)O)C(=O)OC(C)(C)C. The van der Waals surface area contributed by atoms with Crippen molar-refractivity contribution in [1.82, 2.24) is 10.6 Å². The molecule has 0 spiro atoms. The summed E-state index contributed by atoms with van der Waals surface area (Å²) in [4.78, 5) is 126. The third kappa shape index (κ3) is 38.0. The quantitative estimate of drug-likeness (QED) is 0.0140. The first-order valence-corrected chi connectivity index (χ1v) is 35.6. The van der Waals surface area contributed by atoms with Crippen LogP contribution in [0, 0.1) is 11.8 Å². The fourth-order valence-corrected chi connectivity index (χ4v) is 10.6. The number of nitrogens with one attached hydrogen (secondary N) is 2. The first-order chi connectivity index (χ1) is 46.6. The van der Waals surface area contributed by atoms with Crippen molar-refractivity contribution in [3.05, 3.63) is 84.0 Å². The second-order valence-corrected chi connectivity index (χ2v) is 26.2. The van der Waals surface area contributed by atoms with Gasteiger partial charge in [-0.2, -0.15) is 0 Å². The van der Waals surface area contributed by atoms with E-state index in [1.54, 1.807) is 75.4 Å². The zero-order valence-corrected chi connectivity index (χ0v) is 60.1. The van der Waals surface area contributed by atoms with E-state index < -0.39 is 101 Å². The fourth-order valence-electron chi connectivity index (χ4n) is 10.6. The molecule has 2 amide bonds. The molecular formula is C76H118N2O20. The van der Waals surface area contributed by atoms with E-state index in [4.69, 9.17) is 23.7 Å². The van der Waals surface area contributed by atoms with Crippen LogP contribution < -0.4 is 20.1 Å². The van der Waals surface area contributed by atoms with Crippen LogP contribution in [0.4, 0.5) is 0 Å². The van der Waals surface area contributed by atoms with Gasteiger partial charge in [0.05, 0.1) is 52.1 Å². The van der Waals surface area contributed by atoms with Gasteiger partial charge in [0.25, 0.3) is 0 Å². The van der Waals surface area contributed by atoms with Crippen LogP contribution in [0.5, 0.6) is 11.5 Å². The van der Waals surface area contributed by atoms with Gasteiger partial charge in [0.15, 0.2) is 11.2 Å². The second kappa shape index (κ2) is 50.8. The molecule has 0 aliphatic heterocycles. The molecule has 0 heterocycles. The van der Waals surface area contributed by atoms with Gasteiger partial charge < -0.3 is 59.9 Å². The van der Waals surface area contributed by atoms with E-state index in [1.165, 1.54) is 57.4 Å². The number of amides is 2. The Labute approximate surface area is 582 Å². The summed E-state index contributed by atoms with van der Waals surface area (Å²) >= 11 is 0. The molecule has 0 radical (unpaired) electrons. The summed E-state index contributed by atoms with van der Waals surface area (Å²) in [6, 6.07) is 11.5. The monoisotopic (exact) mass is 1380 g/mol. The van der Waals surface area contributed by atoms with Gasteiger partial charge in [0, 0.05) is 38.5 Å². The lowest BCUT2D eigenvalue weighted by atomic mass is 9.82. The lowest BCUT2D eigenvalue weighted by Crippen LogP contribution is -2.57. The normalized spacial score (nSPS) is 13.9. The van der Waals surface area contributed by atoms with Crippen LogP contribution in [0.25, 0.3) is 0 Å². The highest BCUT2D eigenvalue weighted by Gasteiger charge is 2.52. The molecule has 2 aromatic carbocycles. The number of carboxylic acid groups (broad SMARTS) is 3. The molecule has 98 heavy (non-hydrogen) atoms. The van der Waals surface area contributed by atoms with Crippen molar-refractivity contribution in [2.45, 2.75) is 283 Å². The lowest BCUT2D eigenvalue weighted by molar-refractivity contribution is -0.187. The van der Waals surface area contributed by atoms with Crippen LogP contribution in [0.2, 0.25) is 0 Å². The number of methoxy groups -OCH3 is 2. The Kier molecular flexibility index (Phi) is 45.9. The molecule has 0 aliphatic rings. The molecule has 2 aromatic rings. The Balaban J connectivity index is 0.000000983. The molecule has 552 valence electrons. The maximum Gasteiger partial charge on any atom is 0.340 e. The summed E-state index contributed by atoms with van der Waals surface area (Å²) in [5, 5.41) is 56.5. The van der Waals surface area contributed by atoms with Crippen LogP contribution in [0.15, 0.2) is 72.8 Å². The molecule has 0 bridgehead atoms. The lowest BCUT2D eigenvalue weighted by Gasteiger charge is -2.34. The highest BCUT2D eigenvalue weighted by molar-refractivity contribution is 5.96. The number of esters is 3. The predicted octanol–water partition coefficient (Wildman–Crippen LogP) is 12.9. The molecule has 0 unspecified atom stereocenters.